The van der Waals surface area contributed by atoms with Crippen molar-refractivity contribution in [3.63, 3.8) is 0 Å². The second-order valence-electron chi connectivity index (χ2n) is 9.70. The molecule has 3 aromatic rings. The Morgan fingerprint density at radius 1 is 1.24 bits per heavy atom. The first kappa shape index (κ1) is 27.3. The van der Waals surface area contributed by atoms with Gasteiger partial charge < -0.3 is 19.8 Å². The summed E-state index contributed by atoms with van der Waals surface area (Å²) in [5.74, 6) is 0.707. The maximum absolute atomic E-state index is 13.9. The molecule has 3 heterocycles. The molecule has 0 bridgehead atoms. The Bertz CT molecular complexity index is 1180. The van der Waals surface area contributed by atoms with E-state index in [1.807, 2.05) is 18.2 Å². The molecule has 1 saturated heterocycles. The van der Waals surface area contributed by atoms with Crippen molar-refractivity contribution in [2.75, 3.05) is 32.5 Å². The third kappa shape index (κ3) is 6.97. The van der Waals surface area contributed by atoms with E-state index in [-0.39, 0.29) is 6.42 Å². The average molecular weight is 528 g/mol. The molecular formula is C28H34FN3O4S. The number of benzene rings is 1. The lowest BCUT2D eigenvalue weighted by molar-refractivity contribution is -0.141. The quantitative estimate of drug-likeness (QED) is 0.308. The zero-order chi connectivity index (χ0) is 26.3. The fourth-order valence-electron chi connectivity index (χ4n) is 5.25. The number of likely N-dealkylation sites (tertiary alicyclic amines) is 1. The minimum Gasteiger partial charge on any atom is -0.497 e. The summed E-state index contributed by atoms with van der Waals surface area (Å²) in [4.78, 5) is 22.8. The number of aliphatic carboxylic acids is 1. The van der Waals surface area contributed by atoms with E-state index in [1.54, 1.807) is 43.3 Å². The number of carbonyl (C=O) groups is 1. The van der Waals surface area contributed by atoms with Gasteiger partial charge in [-0.2, -0.15) is 0 Å². The molecule has 37 heavy (non-hydrogen) atoms. The number of hydrogen-bond acceptors (Lipinski definition) is 7. The van der Waals surface area contributed by atoms with Crippen LogP contribution in [0.25, 0.3) is 10.9 Å². The van der Waals surface area contributed by atoms with E-state index in [1.165, 1.54) is 6.20 Å². The topological polar surface area (TPSA) is 95.8 Å². The van der Waals surface area contributed by atoms with Crippen molar-refractivity contribution >= 4 is 28.6 Å². The summed E-state index contributed by atoms with van der Waals surface area (Å²) in [6, 6.07) is 11.2. The number of methoxy groups -OCH3 is 1. The average Bonchev–Trinajstić information content (AvgIpc) is 2.92. The summed E-state index contributed by atoms with van der Waals surface area (Å²) in [7, 11) is 1.56. The van der Waals surface area contributed by atoms with Gasteiger partial charge >= 0.3 is 5.97 Å². The van der Waals surface area contributed by atoms with Gasteiger partial charge in [0.25, 0.3) is 0 Å². The van der Waals surface area contributed by atoms with E-state index in [2.05, 4.69) is 14.9 Å². The number of aromatic nitrogens is 2. The van der Waals surface area contributed by atoms with E-state index < -0.39 is 24.2 Å². The predicted octanol–water partition coefficient (Wildman–Crippen LogP) is 5.27. The van der Waals surface area contributed by atoms with Crippen molar-refractivity contribution in [3.8, 4) is 5.75 Å². The number of carboxylic acid groups (broad SMARTS) is 1. The fraction of sp³-hybridized carbons (Fsp3) is 0.464. The van der Waals surface area contributed by atoms with Crippen LogP contribution in [0.3, 0.4) is 0 Å². The zero-order valence-corrected chi connectivity index (χ0v) is 21.9. The Hall–Kier alpha value is -2.75. The summed E-state index contributed by atoms with van der Waals surface area (Å²) in [5.41, 5.74) is 1.12. The summed E-state index contributed by atoms with van der Waals surface area (Å²) >= 11 is 1.72. The molecule has 198 valence electrons. The first-order valence-electron chi connectivity index (χ1n) is 12.6. The Balaban J connectivity index is 1.42. The maximum atomic E-state index is 13.9. The molecule has 7 nitrogen and oxygen atoms in total. The van der Waals surface area contributed by atoms with Crippen molar-refractivity contribution in [2.45, 2.75) is 49.9 Å². The number of thioether (sulfide) groups is 1. The van der Waals surface area contributed by atoms with Crippen molar-refractivity contribution < 1.29 is 24.1 Å². The SMILES string of the molecule is COc1ccc2ncc(CF)c(C(O)CCC3(CC(=O)O)CCN(CCSc4ccccn4)CC3)c2c1. The van der Waals surface area contributed by atoms with E-state index in [0.717, 1.165) is 43.3 Å². The minimum atomic E-state index is -0.929. The maximum Gasteiger partial charge on any atom is 0.303 e. The van der Waals surface area contributed by atoms with Gasteiger partial charge in [-0.25, -0.2) is 9.37 Å². The number of rotatable bonds is 12. The number of carboxylic acids is 1. The number of nitrogens with zero attached hydrogens (tertiary/aromatic N) is 3. The number of aliphatic hydroxyl groups is 1. The van der Waals surface area contributed by atoms with Gasteiger partial charge in [0, 0.05) is 35.6 Å². The predicted molar refractivity (Wildman–Crippen MR) is 143 cm³/mol. The van der Waals surface area contributed by atoms with Crippen LogP contribution < -0.4 is 4.74 Å². The van der Waals surface area contributed by atoms with Crippen LogP contribution in [0.2, 0.25) is 0 Å². The molecule has 1 aliphatic heterocycles. The van der Waals surface area contributed by atoms with Crippen LogP contribution >= 0.6 is 11.8 Å². The molecule has 9 heteroatoms. The highest BCUT2D eigenvalue weighted by molar-refractivity contribution is 7.99. The van der Waals surface area contributed by atoms with Gasteiger partial charge in [0.2, 0.25) is 0 Å². The van der Waals surface area contributed by atoms with Gasteiger partial charge in [-0.05, 0) is 80.1 Å². The van der Waals surface area contributed by atoms with Gasteiger partial charge in [0.05, 0.1) is 30.2 Å². The molecule has 1 fully saturated rings. The molecular weight excluding hydrogens is 493 g/mol. The van der Waals surface area contributed by atoms with Gasteiger partial charge in [0.1, 0.15) is 12.4 Å². The molecule has 2 N–H and O–H groups in total. The summed E-state index contributed by atoms with van der Waals surface area (Å²) in [6.07, 6.45) is 4.81. The van der Waals surface area contributed by atoms with Crippen molar-refractivity contribution in [3.05, 3.63) is 59.9 Å². The Morgan fingerprint density at radius 2 is 2.05 bits per heavy atom. The molecule has 0 aliphatic carbocycles. The van der Waals surface area contributed by atoms with E-state index in [9.17, 15) is 19.4 Å². The van der Waals surface area contributed by atoms with Crippen LogP contribution in [0.15, 0.2) is 53.8 Å². The molecule has 0 amide bonds. The third-order valence-corrected chi connectivity index (χ3v) is 8.29. The minimum absolute atomic E-state index is 0.0666. The number of pyridine rings is 2. The molecule has 0 saturated carbocycles. The number of alkyl halides is 1. The van der Waals surface area contributed by atoms with E-state index in [4.69, 9.17) is 4.74 Å². The largest absolute Gasteiger partial charge is 0.497 e. The highest BCUT2D eigenvalue weighted by Gasteiger charge is 2.37. The number of fused-ring (bicyclic) bond motifs is 1. The zero-order valence-electron chi connectivity index (χ0n) is 21.1. The highest BCUT2D eigenvalue weighted by Crippen LogP contribution is 2.42. The Labute approximate surface area is 221 Å². The summed E-state index contributed by atoms with van der Waals surface area (Å²) < 4.78 is 19.2. The molecule has 4 rings (SSSR count). The molecule has 0 spiro atoms. The number of ether oxygens (including phenoxy) is 1. The summed E-state index contributed by atoms with van der Waals surface area (Å²) in [6.45, 7) is 1.81. The van der Waals surface area contributed by atoms with E-state index >= 15 is 0 Å². The molecule has 2 aromatic heterocycles. The molecule has 1 aromatic carbocycles. The highest BCUT2D eigenvalue weighted by atomic mass is 32.2. The standard InChI is InChI=1S/C28H34FN3O4S/c1-36-21-5-6-23-22(16-21)27(20(18-29)19-31-23)24(33)7-8-28(17-26(34)35)9-12-32(13-10-28)14-15-37-25-4-2-3-11-30-25/h2-6,11,16,19,24,33H,7-10,12-15,17-18H2,1H3,(H,34,35). The molecule has 1 atom stereocenters. The number of aliphatic hydroxyl groups excluding tert-OH is 1. The van der Waals surface area contributed by atoms with E-state index in [0.29, 0.717) is 40.6 Å². The smallest absolute Gasteiger partial charge is 0.303 e. The Morgan fingerprint density at radius 3 is 2.73 bits per heavy atom. The number of hydrogen-bond donors (Lipinski definition) is 2. The molecule has 0 radical (unpaired) electrons. The summed E-state index contributed by atoms with van der Waals surface area (Å²) in [5, 5.41) is 22.6. The first-order chi connectivity index (χ1) is 17.9. The second kappa shape index (κ2) is 12.7. The second-order valence-corrected chi connectivity index (χ2v) is 10.8. The molecule has 1 unspecified atom stereocenters. The van der Waals surface area contributed by atoms with Crippen LogP contribution in [0.5, 0.6) is 5.75 Å². The van der Waals surface area contributed by atoms with Crippen LogP contribution in [-0.2, 0) is 11.5 Å². The monoisotopic (exact) mass is 527 g/mol. The normalized spacial score (nSPS) is 16.5. The number of halogens is 1. The van der Waals surface area contributed by atoms with Gasteiger partial charge in [-0.1, -0.05) is 6.07 Å². The van der Waals surface area contributed by atoms with Crippen LogP contribution in [-0.4, -0.2) is 63.5 Å². The van der Waals surface area contributed by atoms with Crippen molar-refractivity contribution in [1.29, 1.82) is 0 Å². The first-order valence-corrected chi connectivity index (χ1v) is 13.6. The third-order valence-electron chi connectivity index (χ3n) is 7.36. The number of piperidine rings is 1. The lowest BCUT2D eigenvalue weighted by Crippen LogP contribution is -2.42. The Kier molecular flexibility index (Phi) is 9.34. The van der Waals surface area contributed by atoms with Crippen molar-refractivity contribution in [2.24, 2.45) is 5.41 Å². The van der Waals surface area contributed by atoms with Crippen LogP contribution in [0.1, 0.15) is 49.3 Å². The fourth-order valence-corrected chi connectivity index (χ4v) is 6.12. The molecule has 1 aliphatic rings. The van der Waals surface area contributed by atoms with Crippen LogP contribution in [0.4, 0.5) is 4.39 Å². The van der Waals surface area contributed by atoms with Crippen molar-refractivity contribution in [1.82, 2.24) is 14.9 Å². The van der Waals surface area contributed by atoms with Gasteiger partial charge in [0.15, 0.2) is 0 Å². The van der Waals surface area contributed by atoms with Crippen LogP contribution in [0, 0.1) is 5.41 Å². The van der Waals surface area contributed by atoms with Gasteiger partial charge in [-0.3, -0.25) is 9.78 Å². The van der Waals surface area contributed by atoms with Gasteiger partial charge in [-0.15, -0.1) is 11.8 Å². The lowest BCUT2D eigenvalue weighted by atomic mass is 9.71. The lowest BCUT2D eigenvalue weighted by Gasteiger charge is -2.41.